The van der Waals surface area contributed by atoms with Crippen LogP contribution < -0.4 is 0 Å². The van der Waals surface area contributed by atoms with Gasteiger partial charge in [-0.2, -0.15) is 0 Å². The second-order valence-electron chi connectivity index (χ2n) is 5.09. The van der Waals surface area contributed by atoms with Gasteiger partial charge < -0.3 is 9.47 Å². The first-order valence-electron chi connectivity index (χ1n) is 6.48. The van der Waals surface area contributed by atoms with E-state index in [4.69, 9.17) is 4.74 Å². The molecular weight excluding hydrogens is 204 g/mol. The van der Waals surface area contributed by atoms with Crippen LogP contribution >= 0.6 is 0 Å². The zero-order chi connectivity index (χ0) is 11.4. The number of carbonyl (C=O) groups is 1. The second-order valence-corrected chi connectivity index (χ2v) is 5.09. The van der Waals surface area contributed by atoms with Gasteiger partial charge in [-0.3, -0.25) is 4.79 Å². The summed E-state index contributed by atoms with van der Waals surface area (Å²) in [6, 6.07) is 0. The average molecular weight is 226 g/mol. The molecule has 1 unspecified atom stereocenters. The van der Waals surface area contributed by atoms with Crippen molar-refractivity contribution in [3.63, 3.8) is 0 Å². The molecule has 2 saturated carbocycles. The third kappa shape index (κ3) is 2.97. The van der Waals surface area contributed by atoms with Crippen LogP contribution in [0.2, 0.25) is 0 Å². The predicted molar refractivity (Wildman–Crippen MR) is 61.1 cm³/mol. The van der Waals surface area contributed by atoms with E-state index in [0.717, 1.165) is 18.3 Å². The van der Waals surface area contributed by atoms with Gasteiger partial charge >= 0.3 is 5.97 Å². The summed E-state index contributed by atoms with van der Waals surface area (Å²) in [5.74, 6) is 1.74. The van der Waals surface area contributed by atoms with Crippen LogP contribution in [0.3, 0.4) is 0 Å². The van der Waals surface area contributed by atoms with Crippen LogP contribution in [0.15, 0.2) is 0 Å². The molecule has 3 nitrogen and oxygen atoms in total. The van der Waals surface area contributed by atoms with Crippen LogP contribution in [-0.2, 0) is 14.3 Å². The Labute approximate surface area is 97.5 Å². The SMILES string of the molecule is COC(=O)CCCOC1C[C@H]2CCC[C@H]2C1. The first-order valence-corrected chi connectivity index (χ1v) is 6.48. The van der Waals surface area contributed by atoms with Crippen LogP contribution in [-0.4, -0.2) is 25.8 Å². The zero-order valence-corrected chi connectivity index (χ0v) is 10.1. The molecule has 2 rings (SSSR count). The third-order valence-electron chi connectivity index (χ3n) is 4.05. The van der Waals surface area contributed by atoms with Crippen LogP contribution in [0, 0.1) is 11.8 Å². The first kappa shape index (κ1) is 11.9. The summed E-state index contributed by atoms with van der Waals surface area (Å²) in [7, 11) is 1.43. The number of fused-ring (bicyclic) bond motifs is 1. The van der Waals surface area contributed by atoms with E-state index in [9.17, 15) is 4.79 Å². The molecule has 0 aromatic rings. The minimum absolute atomic E-state index is 0.133. The zero-order valence-electron chi connectivity index (χ0n) is 10.1. The molecule has 3 atom stereocenters. The summed E-state index contributed by atoms with van der Waals surface area (Å²) in [5, 5.41) is 0. The maximum Gasteiger partial charge on any atom is 0.305 e. The quantitative estimate of drug-likeness (QED) is 0.534. The third-order valence-corrected chi connectivity index (χ3v) is 4.05. The molecule has 0 aromatic carbocycles. The Morgan fingerprint density at radius 3 is 2.56 bits per heavy atom. The van der Waals surface area contributed by atoms with E-state index in [2.05, 4.69) is 4.74 Å². The Kier molecular flexibility index (Phi) is 4.22. The van der Waals surface area contributed by atoms with Gasteiger partial charge in [0.25, 0.3) is 0 Å². The Balaban J connectivity index is 1.56. The summed E-state index contributed by atoms with van der Waals surface area (Å²) in [6.07, 6.45) is 8.48. The van der Waals surface area contributed by atoms with Crippen molar-refractivity contribution in [1.29, 1.82) is 0 Å². The Morgan fingerprint density at radius 1 is 1.25 bits per heavy atom. The van der Waals surface area contributed by atoms with Crippen molar-refractivity contribution in [3.8, 4) is 0 Å². The van der Waals surface area contributed by atoms with Crippen molar-refractivity contribution < 1.29 is 14.3 Å². The molecule has 2 aliphatic rings. The van der Waals surface area contributed by atoms with Crippen molar-refractivity contribution in [2.45, 2.75) is 51.0 Å². The molecule has 92 valence electrons. The molecule has 16 heavy (non-hydrogen) atoms. The fourth-order valence-corrected chi connectivity index (χ4v) is 3.21. The van der Waals surface area contributed by atoms with Gasteiger partial charge in [0.15, 0.2) is 0 Å². The van der Waals surface area contributed by atoms with Crippen LogP contribution in [0.5, 0.6) is 0 Å². The predicted octanol–water partition coefficient (Wildman–Crippen LogP) is 2.53. The highest BCUT2D eigenvalue weighted by molar-refractivity contribution is 5.68. The van der Waals surface area contributed by atoms with Gasteiger partial charge in [0.1, 0.15) is 0 Å². The molecule has 0 bridgehead atoms. The second kappa shape index (κ2) is 5.67. The van der Waals surface area contributed by atoms with Crippen LogP contribution in [0.4, 0.5) is 0 Å². The lowest BCUT2D eigenvalue weighted by molar-refractivity contribution is -0.141. The number of ether oxygens (including phenoxy) is 2. The Bertz CT molecular complexity index is 227. The highest BCUT2D eigenvalue weighted by Gasteiger charge is 2.37. The first-order chi connectivity index (χ1) is 7.79. The van der Waals surface area contributed by atoms with Crippen molar-refractivity contribution in [2.24, 2.45) is 11.8 Å². The van der Waals surface area contributed by atoms with Gasteiger partial charge in [-0.15, -0.1) is 0 Å². The smallest absolute Gasteiger partial charge is 0.305 e. The van der Waals surface area contributed by atoms with Gasteiger partial charge in [-0.1, -0.05) is 19.3 Å². The molecule has 2 aliphatic carbocycles. The summed E-state index contributed by atoms with van der Waals surface area (Å²) in [6.45, 7) is 0.708. The Morgan fingerprint density at radius 2 is 1.94 bits per heavy atom. The minimum Gasteiger partial charge on any atom is -0.469 e. The number of carbonyl (C=O) groups excluding carboxylic acids is 1. The van der Waals surface area contributed by atoms with E-state index in [1.54, 1.807) is 0 Å². The highest BCUT2D eigenvalue weighted by atomic mass is 16.5. The number of hydrogen-bond donors (Lipinski definition) is 0. The maximum atomic E-state index is 10.9. The molecule has 0 aromatic heterocycles. The van der Waals surface area contributed by atoms with Crippen LogP contribution in [0.1, 0.15) is 44.9 Å². The monoisotopic (exact) mass is 226 g/mol. The minimum atomic E-state index is -0.133. The standard InChI is InChI=1S/C13H22O3/c1-15-13(14)6-3-7-16-12-8-10-4-2-5-11(10)9-12/h10-12H,2-9H2,1H3/t10-,11+,12?. The molecule has 0 N–H and O–H groups in total. The molecule has 2 fully saturated rings. The van der Waals surface area contributed by atoms with E-state index >= 15 is 0 Å². The summed E-state index contributed by atoms with van der Waals surface area (Å²) < 4.78 is 10.4. The lowest BCUT2D eigenvalue weighted by Gasteiger charge is -2.12. The molecule has 3 heteroatoms. The van der Waals surface area contributed by atoms with Gasteiger partial charge in [-0.05, 0) is 31.1 Å². The molecule has 0 amide bonds. The number of rotatable bonds is 5. The van der Waals surface area contributed by atoms with Gasteiger partial charge in [-0.25, -0.2) is 0 Å². The van der Waals surface area contributed by atoms with E-state index in [1.807, 2.05) is 0 Å². The number of methoxy groups -OCH3 is 1. The Hall–Kier alpha value is -0.570. The summed E-state index contributed by atoms with van der Waals surface area (Å²) in [4.78, 5) is 10.9. The molecule has 0 aliphatic heterocycles. The van der Waals surface area contributed by atoms with E-state index in [-0.39, 0.29) is 5.97 Å². The fraction of sp³-hybridized carbons (Fsp3) is 0.923. The van der Waals surface area contributed by atoms with Gasteiger partial charge in [0, 0.05) is 13.0 Å². The molecule has 0 heterocycles. The van der Waals surface area contributed by atoms with E-state index in [1.165, 1.54) is 39.2 Å². The van der Waals surface area contributed by atoms with E-state index < -0.39 is 0 Å². The molecule has 0 radical (unpaired) electrons. The molecule has 0 saturated heterocycles. The van der Waals surface area contributed by atoms with Crippen molar-refractivity contribution >= 4 is 5.97 Å². The lowest BCUT2D eigenvalue weighted by Crippen LogP contribution is -2.11. The summed E-state index contributed by atoms with van der Waals surface area (Å²) in [5.41, 5.74) is 0. The highest BCUT2D eigenvalue weighted by Crippen LogP contribution is 2.44. The fourth-order valence-electron chi connectivity index (χ4n) is 3.21. The molecular formula is C13H22O3. The van der Waals surface area contributed by atoms with Crippen LogP contribution in [0.25, 0.3) is 0 Å². The summed E-state index contributed by atoms with van der Waals surface area (Å²) >= 11 is 0. The maximum absolute atomic E-state index is 10.9. The average Bonchev–Trinajstić information content (AvgIpc) is 2.84. The largest absolute Gasteiger partial charge is 0.469 e. The normalized spacial score (nSPS) is 32.7. The number of hydrogen-bond acceptors (Lipinski definition) is 3. The molecule has 0 spiro atoms. The lowest BCUT2D eigenvalue weighted by atomic mass is 10.0. The number of esters is 1. The van der Waals surface area contributed by atoms with Gasteiger partial charge in [0.05, 0.1) is 13.2 Å². The van der Waals surface area contributed by atoms with E-state index in [0.29, 0.717) is 19.1 Å². The van der Waals surface area contributed by atoms with Crippen molar-refractivity contribution in [1.82, 2.24) is 0 Å². The van der Waals surface area contributed by atoms with Crippen molar-refractivity contribution in [2.75, 3.05) is 13.7 Å². The van der Waals surface area contributed by atoms with Gasteiger partial charge in [0.2, 0.25) is 0 Å². The topological polar surface area (TPSA) is 35.5 Å². The van der Waals surface area contributed by atoms with Crippen molar-refractivity contribution in [3.05, 3.63) is 0 Å².